The van der Waals surface area contributed by atoms with Crippen molar-refractivity contribution < 1.29 is 4.42 Å². The maximum absolute atomic E-state index is 5.43. The highest BCUT2D eigenvalue weighted by molar-refractivity contribution is 5.85. The van der Waals surface area contributed by atoms with Crippen LogP contribution in [0.2, 0.25) is 0 Å². The number of fused-ring (bicyclic) bond motifs is 1. The number of hydrogen-bond donors (Lipinski definition) is 2. The lowest BCUT2D eigenvalue weighted by Gasteiger charge is -2.31. The van der Waals surface area contributed by atoms with Gasteiger partial charge in [-0.2, -0.15) is 0 Å². The molecule has 2 heterocycles. The third-order valence-electron chi connectivity index (χ3n) is 3.73. The van der Waals surface area contributed by atoms with Gasteiger partial charge >= 0.3 is 6.01 Å². The number of aromatic nitrogens is 2. The first kappa shape index (κ1) is 19.5. The Morgan fingerprint density at radius 3 is 2.83 bits per heavy atom. The number of nitrogens with zero attached hydrogens (tertiary/aromatic N) is 3. The Labute approximate surface area is 148 Å². The number of hydrogen-bond acceptors (Lipinski definition) is 6. The molecule has 0 atom stereocenters. The van der Waals surface area contributed by atoms with Crippen LogP contribution in [0.15, 0.2) is 28.7 Å². The van der Waals surface area contributed by atoms with Gasteiger partial charge in [-0.3, -0.25) is 0 Å². The van der Waals surface area contributed by atoms with Gasteiger partial charge in [0.15, 0.2) is 0 Å². The fraction of sp³-hybridized carbons (Fsp3) is 0.467. The van der Waals surface area contributed by atoms with Crippen molar-refractivity contribution in [2.24, 2.45) is 5.73 Å². The molecule has 0 bridgehead atoms. The summed E-state index contributed by atoms with van der Waals surface area (Å²) < 4.78 is 5.31. The highest BCUT2D eigenvalue weighted by atomic mass is 35.5. The molecule has 0 amide bonds. The van der Waals surface area contributed by atoms with E-state index in [-0.39, 0.29) is 31.4 Å². The van der Waals surface area contributed by atoms with Gasteiger partial charge in [-0.25, -0.2) is 0 Å². The molecule has 1 aliphatic heterocycles. The van der Waals surface area contributed by atoms with Crippen LogP contribution in [-0.4, -0.2) is 29.8 Å². The number of aryl methyl sites for hydroxylation is 1. The van der Waals surface area contributed by atoms with Crippen molar-refractivity contribution in [2.75, 3.05) is 29.9 Å². The molecule has 1 aromatic carbocycles. The second kappa shape index (κ2) is 9.60. The average molecular weight is 360 g/mol. The number of nitrogens with one attached hydrogen (secondary N) is 1. The van der Waals surface area contributed by atoms with Crippen LogP contribution in [0.4, 0.5) is 11.7 Å². The Morgan fingerprint density at radius 1 is 1.22 bits per heavy atom. The van der Waals surface area contributed by atoms with Crippen LogP contribution in [0, 0.1) is 0 Å². The van der Waals surface area contributed by atoms with Crippen molar-refractivity contribution in [1.82, 2.24) is 10.2 Å². The summed E-state index contributed by atoms with van der Waals surface area (Å²) in [5, 5.41) is 10.8. The summed E-state index contributed by atoms with van der Waals surface area (Å²) in [4.78, 5) is 2.46. The normalized spacial score (nSPS) is 12.8. The molecule has 0 unspecified atom stereocenters. The molecule has 6 nitrogen and oxygen atoms in total. The van der Waals surface area contributed by atoms with E-state index in [1.807, 2.05) is 0 Å². The second-order valence-corrected chi connectivity index (χ2v) is 5.20. The molecular formula is C15H23Cl2N5O. The minimum Gasteiger partial charge on any atom is -0.407 e. The predicted octanol–water partition coefficient (Wildman–Crippen LogP) is 2.63. The fourth-order valence-corrected chi connectivity index (χ4v) is 2.72. The van der Waals surface area contributed by atoms with Crippen LogP contribution >= 0.6 is 24.8 Å². The van der Waals surface area contributed by atoms with E-state index in [9.17, 15) is 0 Å². The molecule has 0 saturated heterocycles. The monoisotopic (exact) mass is 359 g/mol. The highest BCUT2D eigenvalue weighted by Crippen LogP contribution is 2.26. The summed E-state index contributed by atoms with van der Waals surface area (Å²) >= 11 is 0. The zero-order valence-corrected chi connectivity index (χ0v) is 14.5. The summed E-state index contributed by atoms with van der Waals surface area (Å²) in [6.45, 7) is 3.25. The molecule has 3 N–H and O–H groups in total. The Bertz CT molecular complexity index is 593. The SMILES string of the molecule is Cl.Cl.NCc1nnc(NCCCN2CCCc3ccccc32)o1. The molecule has 23 heavy (non-hydrogen) atoms. The fourth-order valence-electron chi connectivity index (χ4n) is 2.72. The lowest BCUT2D eigenvalue weighted by atomic mass is 10.0. The number of para-hydroxylation sites is 1. The van der Waals surface area contributed by atoms with Gasteiger partial charge in [0, 0.05) is 25.3 Å². The van der Waals surface area contributed by atoms with Gasteiger partial charge < -0.3 is 20.4 Å². The molecule has 1 aliphatic rings. The van der Waals surface area contributed by atoms with Gasteiger partial charge in [-0.15, -0.1) is 29.9 Å². The maximum atomic E-state index is 5.43. The van der Waals surface area contributed by atoms with E-state index in [2.05, 4.69) is 44.7 Å². The van der Waals surface area contributed by atoms with E-state index in [0.717, 1.165) is 26.1 Å². The van der Waals surface area contributed by atoms with Crippen LogP contribution in [-0.2, 0) is 13.0 Å². The lowest BCUT2D eigenvalue weighted by Crippen LogP contribution is -2.31. The smallest absolute Gasteiger partial charge is 0.315 e. The third kappa shape index (κ3) is 4.99. The summed E-state index contributed by atoms with van der Waals surface area (Å²) in [7, 11) is 0. The summed E-state index contributed by atoms with van der Waals surface area (Å²) in [6.07, 6.45) is 3.44. The Balaban J connectivity index is 0.00000132. The zero-order valence-electron chi connectivity index (χ0n) is 12.9. The van der Waals surface area contributed by atoms with Gasteiger partial charge in [0.1, 0.15) is 0 Å². The Kier molecular flexibility index (Phi) is 8.16. The lowest BCUT2D eigenvalue weighted by molar-refractivity contribution is 0.506. The van der Waals surface area contributed by atoms with E-state index in [1.54, 1.807) is 0 Å². The molecule has 0 fully saturated rings. The minimum atomic E-state index is 0. The Hall–Kier alpha value is -1.50. The molecule has 8 heteroatoms. The molecule has 0 saturated carbocycles. The second-order valence-electron chi connectivity index (χ2n) is 5.20. The van der Waals surface area contributed by atoms with Crippen molar-refractivity contribution in [3.05, 3.63) is 35.7 Å². The van der Waals surface area contributed by atoms with Crippen molar-refractivity contribution in [2.45, 2.75) is 25.8 Å². The average Bonchev–Trinajstić information content (AvgIpc) is 3.00. The number of halogens is 2. The number of anilines is 2. The van der Waals surface area contributed by atoms with E-state index in [1.165, 1.54) is 24.1 Å². The number of benzene rings is 1. The largest absolute Gasteiger partial charge is 0.407 e. The summed E-state index contributed by atoms with van der Waals surface area (Å²) in [6, 6.07) is 9.13. The summed E-state index contributed by atoms with van der Waals surface area (Å²) in [5.74, 6) is 0.461. The van der Waals surface area contributed by atoms with E-state index in [4.69, 9.17) is 10.2 Å². The van der Waals surface area contributed by atoms with Crippen molar-refractivity contribution in [3.63, 3.8) is 0 Å². The van der Waals surface area contributed by atoms with Crippen LogP contribution in [0.1, 0.15) is 24.3 Å². The summed E-state index contributed by atoms with van der Waals surface area (Å²) in [5.41, 5.74) is 8.27. The Morgan fingerprint density at radius 2 is 2.04 bits per heavy atom. The van der Waals surface area contributed by atoms with Crippen LogP contribution < -0.4 is 16.0 Å². The van der Waals surface area contributed by atoms with Crippen molar-refractivity contribution in [3.8, 4) is 0 Å². The molecule has 0 aliphatic carbocycles. The highest BCUT2D eigenvalue weighted by Gasteiger charge is 2.15. The number of nitrogens with two attached hydrogens (primary N) is 1. The maximum Gasteiger partial charge on any atom is 0.315 e. The van der Waals surface area contributed by atoms with Crippen molar-refractivity contribution in [1.29, 1.82) is 0 Å². The topological polar surface area (TPSA) is 80.2 Å². The molecule has 3 rings (SSSR count). The quantitative estimate of drug-likeness (QED) is 0.771. The van der Waals surface area contributed by atoms with Gasteiger partial charge in [0.2, 0.25) is 5.89 Å². The third-order valence-corrected chi connectivity index (χ3v) is 3.73. The van der Waals surface area contributed by atoms with Gasteiger partial charge in [-0.05, 0) is 30.9 Å². The predicted molar refractivity (Wildman–Crippen MR) is 96.8 cm³/mol. The van der Waals surface area contributed by atoms with E-state index in [0.29, 0.717) is 11.9 Å². The minimum absolute atomic E-state index is 0. The van der Waals surface area contributed by atoms with E-state index >= 15 is 0 Å². The molecule has 1 aromatic heterocycles. The van der Waals surface area contributed by atoms with Gasteiger partial charge in [0.25, 0.3) is 0 Å². The molecule has 0 spiro atoms. The zero-order chi connectivity index (χ0) is 14.5. The molecule has 2 aromatic rings. The molecular weight excluding hydrogens is 337 g/mol. The first-order valence-corrected chi connectivity index (χ1v) is 7.46. The standard InChI is InChI=1S/C15H21N5O.2ClH/c16-11-14-18-19-15(21-14)17-8-4-10-20-9-3-6-12-5-1-2-7-13(12)20;;/h1-2,5,7H,3-4,6,8-11,16H2,(H,17,19);2*1H. The number of rotatable bonds is 6. The molecule has 0 radical (unpaired) electrons. The van der Waals surface area contributed by atoms with Gasteiger partial charge in [-0.1, -0.05) is 23.3 Å². The van der Waals surface area contributed by atoms with Crippen LogP contribution in [0.5, 0.6) is 0 Å². The first-order chi connectivity index (χ1) is 10.4. The van der Waals surface area contributed by atoms with Crippen molar-refractivity contribution >= 4 is 36.5 Å². The van der Waals surface area contributed by atoms with E-state index < -0.39 is 0 Å². The first-order valence-electron chi connectivity index (χ1n) is 7.46. The van der Waals surface area contributed by atoms with Crippen LogP contribution in [0.25, 0.3) is 0 Å². The molecule has 128 valence electrons. The van der Waals surface area contributed by atoms with Crippen LogP contribution in [0.3, 0.4) is 0 Å². The van der Waals surface area contributed by atoms with Gasteiger partial charge in [0.05, 0.1) is 6.54 Å².